The molecule has 0 atom stereocenters. The van der Waals surface area contributed by atoms with Gasteiger partial charge in [-0.2, -0.15) is 5.26 Å². The quantitative estimate of drug-likeness (QED) is 0.888. The molecule has 1 aliphatic carbocycles. The predicted octanol–water partition coefficient (Wildman–Crippen LogP) is 1.71. The van der Waals surface area contributed by atoms with Crippen molar-refractivity contribution < 1.29 is 17.6 Å². The molecule has 0 radical (unpaired) electrons. The van der Waals surface area contributed by atoms with E-state index in [4.69, 9.17) is 5.26 Å². The van der Waals surface area contributed by atoms with Crippen LogP contribution in [0.4, 0.5) is 4.39 Å². The van der Waals surface area contributed by atoms with Crippen LogP contribution in [0.3, 0.4) is 0 Å². The Hall–Kier alpha value is -1.78. The minimum Gasteiger partial charge on any atom is -0.304 e. The lowest BCUT2D eigenvalue weighted by atomic mass is 9.80. The normalized spacial score (nSPS) is 28.0. The Morgan fingerprint density at radius 2 is 2.00 bits per heavy atom. The fraction of sp³-hybridized carbons (Fsp3) is 0.500. The molecule has 1 heterocycles. The molecule has 3 rings (SSSR count). The van der Waals surface area contributed by atoms with Crippen LogP contribution in [-0.4, -0.2) is 31.5 Å². The number of halogens is 1. The third kappa shape index (κ3) is 2.89. The van der Waals surface area contributed by atoms with Crippen LogP contribution in [0, 0.1) is 17.1 Å². The van der Waals surface area contributed by atoms with Gasteiger partial charge in [0.25, 0.3) is 0 Å². The third-order valence-electron chi connectivity index (χ3n) is 4.89. The van der Waals surface area contributed by atoms with Crippen LogP contribution in [-0.2, 0) is 14.6 Å². The van der Waals surface area contributed by atoms with Gasteiger partial charge in [-0.3, -0.25) is 4.79 Å². The number of rotatable bonds is 2. The molecule has 1 aliphatic heterocycles. The third-order valence-corrected chi connectivity index (χ3v) is 7.17. The summed E-state index contributed by atoms with van der Waals surface area (Å²) in [6.07, 6.45) is 2.39. The van der Waals surface area contributed by atoms with Gasteiger partial charge in [0.05, 0.1) is 23.4 Å². The van der Waals surface area contributed by atoms with Crippen molar-refractivity contribution in [3.8, 4) is 6.07 Å². The van der Waals surface area contributed by atoms with Gasteiger partial charge in [-0.05, 0) is 43.9 Å². The minimum atomic E-state index is -3.82. The summed E-state index contributed by atoms with van der Waals surface area (Å²) in [5.74, 6) is -0.669. The van der Waals surface area contributed by atoms with Gasteiger partial charge in [0, 0.05) is 12.0 Å². The zero-order valence-electron chi connectivity index (χ0n) is 12.5. The highest BCUT2D eigenvalue weighted by Crippen LogP contribution is 2.38. The molecule has 1 spiro atoms. The van der Waals surface area contributed by atoms with E-state index in [1.165, 1.54) is 6.07 Å². The summed E-state index contributed by atoms with van der Waals surface area (Å²) in [5.41, 5.74) is -0.156. The minimum absolute atomic E-state index is 0.125. The van der Waals surface area contributed by atoms with E-state index in [9.17, 15) is 17.6 Å². The standard InChI is InChI=1S/C16H17FN2O3S/c17-14-2-1-11(9-18)7-15(14)23(21,22)13-3-5-16(6-4-13)8-12(20)10-19-16/h1-2,7,13,19H,3-6,8,10H2. The predicted molar refractivity (Wildman–Crippen MR) is 80.9 cm³/mol. The summed E-state index contributed by atoms with van der Waals surface area (Å²) in [6.45, 7) is 0.344. The van der Waals surface area contributed by atoms with E-state index < -0.39 is 25.8 Å². The number of hydrogen-bond acceptors (Lipinski definition) is 5. The highest BCUT2D eigenvalue weighted by atomic mass is 32.2. The van der Waals surface area contributed by atoms with E-state index in [-0.39, 0.29) is 16.9 Å². The Morgan fingerprint density at radius 3 is 2.57 bits per heavy atom. The second kappa shape index (κ2) is 5.69. The van der Waals surface area contributed by atoms with E-state index >= 15 is 0 Å². The number of nitriles is 1. The van der Waals surface area contributed by atoms with Crippen LogP contribution in [0.5, 0.6) is 0 Å². The van der Waals surface area contributed by atoms with Crippen LogP contribution in [0.1, 0.15) is 37.7 Å². The van der Waals surface area contributed by atoms with Gasteiger partial charge in [0.15, 0.2) is 9.84 Å². The summed E-state index contributed by atoms with van der Waals surface area (Å²) < 4.78 is 39.4. The Balaban J connectivity index is 1.82. The molecule has 1 aromatic carbocycles. The Morgan fingerprint density at radius 1 is 1.30 bits per heavy atom. The van der Waals surface area contributed by atoms with Crippen LogP contribution in [0.2, 0.25) is 0 Å². The van der Waals surface area contributed by atoms with Gasteiger partial charge in [-0.1, -0.05) is 0 Å². The molecule has 1 saturated heterocycles. The second-order valence-electron chi connectivity index (χ2n) is 6.35. The van der Waals surface area contributed by atoms with E-state index in [2.05, 4.69) is 5.32 Å². The monoisotopic (exact) mass is 336 g/mol. The lowest BCUT2D eigenvalue weighted by molar-refractivity contribution is -0.116. The molecule has 0 bridgehead atoms. The van der Waals surface area contributed by atoms with Crippen molar-refractivity contribution in [1.82, 2.24) is 5.32 Å². The number of nitrogens with one attached hydrogen (secondary N) is 1. The fourth-order valence-corrected chi connectivity index (χ4v) is 5.41. The van der Waals surface area contributed by atoms with Crippen molar-refractivity contribution in [2.75, 3.05) is 6.54 Å². The summed E-state index contributed by atoms with van der Waals surface area (Å²) in [4.78, 5) is 11.1. The van der Waals surface area contributed by atoms with Crippen molar-refractivity contribution in [3.05, 3.63) is 29.6 Å². The number of carbonyl (C=O) groups is 1. The van der Waals surface area contributed by atoms with Gasteiger partial charge >= 0.3 is 0 Å². The average molecular weight is 336 g/mol. The summed E-state index contributed by atoms with van der Waals surface area (Å²) in [6, 6.07) is 5.22. The van der Waals surface area contributed by atoms with Crippen molar-refractivity contribution in [1.29, 1.82) is 5.26 Å². The average Bonchev–Trinajstić information content (AvgIpc) is 2.88. The highest BCUT2D eigenvalue weighted by Gasteiger charge is 2.44. The molecule has 0 unspecified atom stereocenters. The summed E-state index contributed by atoms with van der Waals surface area (Å²) in [7, 11) is -3.82. The van der Waals surface area contributed by atoms with Crippen LogP contribution >= 0.6 is 0 Å². The molecule has 2 aliphatic rings. The van der Waals surface area contributed by atoms with Crippen LogP contribution < -0.4 is 5.32 Å². The largest absolute Gasteiger partial charge is 0.304 e. The van der Waals surface area contributed by atoms with Gasteiger partial charge in [0.1, 0.15) is 16.5 Å². The Kier molecular flexibility index (Phi) is 3.98. The lowest BCUT2D eigenvalue weighted by Crippen LogP contribution is -2.45. The Bertz CT molecular complexity index is 790. The first-order valence-electron chi connectivity index (χ1n) is 7.57. The maximum absolute atomic E-state index is 14.0. The molecule has 0 aromatic heterocycles. The first-order chi connectivity index (χ1) is 10.9. The second-order valence-corrected chi connectivity index (χ2v) is 8.55. The van der Waals surface area contributed by atoms with Gasteiger partial charge < -0.3 is 5.32 Å². The summed E-state index contributed by atoms with van der Waals surface area (Å²) >= 11 is 0. The molecule has 1 saturated carbocycles. The lowest BCUT2D eigenvalue weighted by Gasteiger charge is -2.36. The molecule has 1 N–H and O–H groups in total. The maximum Gasteiger partial charge on any atom is 0.184 e. The molecule has 0 amide bonds. The number of sulfone groups is 1. The maximum atomic E-state index is 14.0. The molecular formula is C16H17FN2O3S. The SMILES string of the molecule is N#Cc1ccc(F)c(S(=O)(=O)C2CCC3(CC2)CC(=O)CN3)c1. The van der Waals surface area contributed by atoms with Crippen molar-refractivity contribution in [3.63, 3.8) is 0 Å². The van der Waals surface area contributed by atoms with E-state index in [1.54, 1.807) is 0 Å². The number of hydrogen-bond donors (Lipinski definition) is 1. The zero-order chi connectivity index (χ0) is 16.7. The van der Waals surface area contributed by atoms with Crippen molar-refractivity contribution in [2.45, 2.75) is 47.8 Å². The van der Waals surface area contributed by atoms with E-state index in [1.807, 2.05) is 6.07 Å². The smallest absolute Gasteiger partial charge is 0.184 e. The topological polar surface area (TPSA) is 87.0 Å². The molecule has 1 aromatic rings. The molecule has 23 heavy (non-hydrogen) atoms. The fourth-order valence-electron chi connectivity index (χ4n) is 3.57. The first-order valence-corrected chi connectivity index (χ1v) is 9.11. The van der Waals surface area contributed by atoms with Gasteiger partial charge in [-0.25, -0.2) is 12.8 Å². The first kappa shape index (κ1) is 16.1. The zero-order valence-corrected chi connectivity index (χ0v) is 13.3. The number of ketones is 1. The number of carbonyl (C=O) groups excluding carboxylic acids is 1. The molecule has 2 fully saturated rings. The number of benzene rings is 1. The van der Waals surface area contributed by atoms with E-state index in [0.717, 1.165) is 12.1 Å². The van der Waals surface area contributed by atoms with Crippen LogP contribution in [0.15, 0.2) is 23.1 Å². The van der Waals surface area contributed by atoms with Crippen molar-refractivity contribution >= 4 is 15.6 Å². The van der Waals surface area contributed by atoms with E-state index in [0.29, 0.717) is 38.6 Å². The van der Waals surface area contributed by atoms with Crippen molar-refractivity contribution in [2.24, 2.45) is 0 Å². The number of nitrogens with zero attached hydrogens (tertiary/aromatic N) is 1. The molecule has 122 valence electrons. The molecule has 5 nitrogen and oxygen atoms in total. The van der Waals surface area contributed by atoms with Gasteiger partial charge in [0.2, 0.25) is 0 Å². The van der Waals surface area contributed by atoms with Crippen LogP contribution in [0.25, 0.3) is 0 Å². The highest BCUT2D eigenvalue weighted by molar-refractivity contribution is 7.92. The Labute approximate surface area is 134 Å². The van der Waals surface area contributed by atoms with Gasteiger partial charge in [-0.15, -0.1) is 0 Å². The molecule has 7 heteroatoms. The molecular weight excluding hydrogens is 319 g/mol. The summed E-state index contributed by atoms with van der Waals surface area (Å²) in [5, 5.41) is 11.4. The number of Topliss-reactive ketones (excluding diaryl/α,β-unsaturated/α-hetero) is 1.